The molecule has 0 amide bonds. The lowest BCUT2D eigenvalue weighted by molar-refractivity contribution is 0.170. The highest BCUT2D eigenvalue weighted by Gasteiger charge is 2.24. The molecule has 2 saturated heterocycles. The molecule has 1 atom stereocenters. The smallest absolute Gasteiger partial charge is 0.132 e. The minimum absolute atomic E-state index is 0.277. The number of nitrogens with zero attached hydrogens (tertiary/aromatic N) is 3. The van der Waals surface area contributed by atoms with Crippen LogP contribution in [0, 0.1) is 13.8 Å². The summed E-state index contributed by atoms with van der Waals surface area (Å²) in [6, 6.07) is 10.5. The first-order valence-electron chi connectivity index (χ1n) is 9.59. The molecule has 2 fully saturated rings. The van der Waals surface area contributed by atoms with Crippen molar-refractivity contribution in [3.63, 3.8) is 0 Å². The van der Waals surface area contributed by atoms with Gasteiger partial charge >= 0.3 is 0 Å². The van der Waals surface area contributed by atoms with Crippen LogP contribution in [0.5, 0.6) is 5.75 Å². The maximum atomic E-state index is 6.15. The highest BCUT2D eigenvalue weighted by molar-refractivity contribution is 5.41. The lowest BCUT2D eigenvalue weighted by Crippen LogP contribution is -2.39. The molecule has 4 rings (SSSR count). The summed E-state index contributed by atoms with van der Waals surface area (Å²) in [4.78, 5) is 11.7. The Balaban J connectivity index is 1.39. The molecule has 0 spiro atoms. The zero-order valence-electron chi connectivity index (χ0n) is 15.6. The maximum absolute atomic E-state index is 6.15. The highest BCUT2D eigenvalue weighted by atomic mass is 16.5. The van der Waals surface area contributed by atoms with E-state index >= 15 is 0 Å². The molecule has 2 aliphatic heterocycles. The fourth-order valence-corrected chi connectivity index (χ4v) is 3.73. The zero-order chi connectivity index (χ0) is 17.9. The molecule has 1 aromatic heterocycles. The van der Waals surface area contributed by atoms with Crippen LogP contribution in [0.25, 0.3) is 0 Å². The third-order valence-corrected chi connectivity index (χ3v) is 5.28. The van der Waals surface area contributed by atoms with E-state index in [1.807, 2.05) is 6.92 Å². The Morgan fingerprint density at radius 1 is 1.04 bits per heavy atom. The second-order valence-corrected chi connectivity index (χ2v) is 7.38. The Hall–Kier alpha value is -2.14. The van der Waals surface area contributed by atoms with Gasteiger partial charge in [-0.05, 0) is 32.4 Å². The second-order valence-electron chi connectivity index (χ2n) is 7.38. The zero-order valence-corrected chi connectivity index (χ0v) is 15.6. The molecule has 2 aliphatic rings. The van der Waals surface area contributed by atoms with Crippen molar-refractivity contribution in [2.24, 2.45) is 0 Å². The SMILES string of the molecule is Cc1ccc(OC2CCN(c3cc(C4CCOC4)nc(C)n3)CC2)cc1. The van der Waals surface area contributed by atoms with Crippen molar-refractivity contribution < 1.29 is 9.47 Å². The summed E-state index contributed by atoms with van der Waals surface area (Å²) in [6.45, 7) is 7.63. The molecule has 3 heterocycles. The third kappa shape index (κ3) is 3.98. The summed E-state index contributed by atoms with van der Waals surface area (Å²) in [5.74, 6) is 3.28. The van der Waals surface area contributed by atoms with Gasteiger partial charge in [0.2, 0.25) is 0 Å². The average molecular weight is 353 g/mol. The normalized spacial score (nSPS) is 21.2. The Labute approximate surface area is 155 Å². The number of ether oxygens (including phenoxy) is 2. The van der Waals surface area contributed by atoms with Crippen LogP contribution >= 0.6 is 0 Å². The average Bonchev–Trinajstić information content (AvgIpc) is 3.19. The summed E-state index contributed by atoms with van der Waals surface area (Å²) >= 11 is 0. The number of aryl methyl sites for hydroxylation is 2. The molecular weight excluding hydrogens is 326 g/mol. The van der Waals surface area contributed by atoms with Crippen LogP contribution in [0.15, 0.2) is 30.3 Å². The van der Waals surface area contributed by atoms with Gasteiger partial charge in [-0.1, -0.05) is 17.7 Å². The Morgan fingerprint density at radius 2 is 1.81 bits per heavy atom. The van der Waals surface area contributed by atoms with Crippen molar-refractivity contribution >= 4 is 5.82 Å². The number of anilines is 1. The van der Waals surface area contributed by atoms with Crippen LogP contribution in [-0.2, 0) is 4.74 Å². The molecule has 0 saturated carbocycles. The molecule has 5 heteroatoms. The molecule has 0 bridgehead atoms. The Bertz CT molecular complexity index is 733. The number of benzene rings is 1. The molecule has 1 aromatic carbocycles. The molecular formula is C21H27N3O2. The molecule has 2 aromatic rings. The minimum Gasteiger partial charge on any atom is -0.490 e. The summed E-state index contributed by atoms with van der Waals surface area (Å²) in [6.07, 6.45) is 3.36. The van der Waals surface area contributed by atoms with Gasteiger partial charge < -0.3 is 14.4 Å². The van der Waals surface area contributed by atoms with Crippen LogP contribution in [0.1, 0.15) is 42.3 Å². The number of hydrogen-bond donors (Lipinski definition) is 0. The van der Waals surface area contributed by atoms with Crippen LogP contribution < -0.4 is 9.64 Å². The van der Waals surface area contributed by atoms with Gasteiger partial charge in [-0.3, -0.25) is 0 Å². The first-order chi connectivity index (χ1) is 12.7. The van der Waals surface area contributed by atoms with Crippen LogP contribution in [0.3, 0.4) is 0 Å². The van der Waals surface area contributed by atoms with Crippen molar-refractivity contribution in [2.75, 3.05) is 31.2 Å². The van der Waals surface area contributed by atoms with Crippen molar-refractivity contribution in [2.45, 2.75) is 45.1 Å². The van der Waals surface area contributed by atoms with Gasteiger partial charge in [0.25, 0.3) is 0 Å². The molecule has 138 valence electrons. The quantitative estimate of drug-likeness (QED) is 0.840. The first kappa shape index (κ1) is 17.3. The second kappa shape index (κ2) is 7.62. The summed E-state index contributed by atoms with van der Waals surface area (Å²) in [7, 11) is 0. The minimum atomic E-state index is 0.277. The van der Waals surface area contributed by atoms with E-state index < -0.39 is 0 Å². The summed E-state index contributed by atoms with van der Waals surface area (Å²) < 4.78 is 11.7. The predicted octanol–water partition coefficient (Wildman–Crippen LogP) is 3.65. The van der Waals surface area contributed by atoms with Crippen molar-refractivity contribution in [1.82, 2.24) is 9.97 Å². The molecule has 1 unspecified atom stereocenters. The van der Waals surface area contributed by atoms with Crippen molar-refractivity contribution in [3.05, 3.63) is 47.4 Å². The molecule has 0 radical (unpaired) electrons. The number of rotatable bonds is 4. The Morgan fingerprint density at radius 3 is 2.50 bits per heavy atom. The van der Waals surface area contributed by atoms with Gasteiger partial charge in [-0.25, -0.2) is 9.97 Å². The van der Waals surface area contributed by atoms with Gasteiger partial charge in [-0.2, -0.15) is 0 Å². The van der Waals surface area contributed by atoms with E-state index in [-0.39, 0.29) is 6.10 Å². The van der Waals surface area contributed by atoms with Crippen molar-refractivity contribution in [3.8, 4) is 5.75 Å². The van der Waals surface area contributed by atoms with E-state index in [0.29, 0.717) is 5.92 Å². The van der Waals surface area contributed by atoms with Crippen LogP contribution in [0.2, 0.25) is 0 Å². The highest BCUT2D eigenvalue weighted by Crippen LogP contribution is 2.28. The van der Waals surface area contributed by atoms with Gasteiger partial charge in [0.15, 0.2) is 0 Å². The Kier molecular flexibility index (Phi) is 5.07. The lowest BCUT2D eigenvalue weighted by Gasteiger charge is -2.33. The standard InChI is InChI=1S/C21H27N3O2/c1-15-3-5-18(6-4-15)26-19-7-10-24(11-8-19)21-13-20(22-16(2)23-21)17-9-12-25-14-17/h3-6,13,17,19H,7-12,14H2,1-2H3. The largest absolute Gasteiger partial charge is 0.490 e. The molecule has 5 nitrogen and oxygen atoms in total. The van der Waals surface area contributed by atoms with Gasteiger partial charge in [-0.15, -0.1) is 0 Å². The van der Waals surface area contributed by atoms with Gasteiger partial charge in [0.1, 0.15) is 23.5 Å². The van der Waals surface area contributed by atoms with E-state index in [1.54, 1.807) is 0 Å². The summed E-state index contributed by atoms with van der Waals surface area (Å²) in [5, 5.41) is 0. The topological polar surface area (TPSA) is 47.5 Å². The van der Waals surface area contributed by atoms with E-state index in [1.165, 1.54) is 5.56 Å². The number of aromatic nitrogens is 2. The van der Waals surface area contributed by atoms with Gasteiger partial charge in [0.05, 0.1) is 12.3 Å². The number of piperidine rings is 1. The molecule has 0 aliphatic carbocycles. The first-order valence-corrected chi connectivity index (χ1v) is 9.59. The monoisotopic (exact) mass is 353 g/mol. The summed E-state index contributed by atoms with van der Waals surface area (Å²) in [5.41, 5.74) is 2.39. The molecule has 0 N–H and O–H groups in total. The molecule has 26 heavy (non-hydrogen) atoms. The van der Waals surface area contributed by atoms with E-state index in [9.17, 15) is 0 Å². The fourth-order valence-electron chi connectivity index (χ4n) is 3.73. The third-order valence-electron chi connectivity index (χ3n) is 5.28. The van der Waals surface area contributed by atoms with Crippen molar-refractivity contribution in [1.29, 1.82) is 0 Å². The van der Waals surface area contributed by atoms with E-state index in [0.717, 1.165) is 68.7 Å². The maximum Gasteiger partial charge on any atom is 0.132 e. The predicted molar refractivity (Wildman–Crippen MR) is 102 cm³/mol. The van der Waals surface area contributed by atoms with Crippen LogP contribution in [0.4, 0.5) is 5.82 Å². The lowest BCUT2D eigenvalue weighted by atomic mass is 10.0. The van der Waals surface area contributed by atoms with E-state index in [2.05, 4.69) is 52.1 Å². The van der Waals surface area contributed by atoms with E-state index in [4.69, 9.17) is 9.47 Å². The van der Waals surface area contributed by atoms with Gasteiger partial charge in [0, 0.05) is 44.5 Å². The fraction of sp³-hybridized carbons (Fsp3) is 0.524. The number of hydrogen-bond acceptors (Lipinski definition) is 5. The van der Waals surface area contributed by atoms with Crippen LogP contribution in [-0.4, -0.2) is 42.4 Å².